The number of nitrogens with two attached hydrogens (primary N) is 1. The number of rotatable bonds is 1. The van der Waals surface area contributed by atoms with E-state index in [0.29, 0.717) is 0 Å². The average Bonchev–Trinajstić information content (AvgIpc) is 1.36. The molecule has 6 heavy (non-hydrogen) atoms. The standard InChI is InChI=1S/C2H5NO3/c3-1(4)2(5)6/h2,5-6H,(H2,3,4). The van der Waals surface area contributed by atoms with Gasteiger partial charge in [0.1, 0.15) is 0 Å². The third-order valence-electron chi connectivity index (χ3n) is 0.254. The highest BCUT2D eigenvalue weighted by atomic mass is 16.5. The van der Waals surface area contributed by atoms with Gasteiger partial charge >= 0.3 is 0 Å². The average molecular weight is 91.1 g/mol. The molecule has 0 aliphatic carbocycles. The lowest BCUT2D eigenvalue weighted by Crippen LogP contribution is -2.27. The van der Waals surface area contributed by atoms with E-state index in [-0.39, 0.29) is 0 Å². The maximum Gasteiger partial charge on any atom is 0.274 e. The predicted molar refractivity (Wildman–Crippen MR) is 17.4 cm³/mol. The number of aliphatic hydroxyl groups is 2. The first kappa shape index (κ1) is 5.39. The van der Waals surface area contributed by atoms with Gasteiger partial charge in [0.15, 0.2) is 0 Å². The van der Waals surface area contributed by atoms with E-state index in [1.54, 1.807) is 0 Å². The van der Waals surface area contributed by atoms with Crippen molar-refractivity contribution in [2.75, 3.05) is 0 Å². The van der Waals surface area contributed by atoms with E-state index in [0.717, 1.165) is 0 Å². The van der Waals surface area contributed by atoms with Gasteiger partial charge in [0.25, 0.3) is 5.91 Å². The highest BCUT2D eigenvalue weighted by molar-refractivity contribution is 5.76. The molecule has 0 rings (SSSR count). The molecule has 0 saturated heterocycles. The maximum atomic E-state index is 9.42. The van der Waals surface area contributed by atoms with Crippen LogP contribution < -0.4 is 5.73 Å². The van der Waals surface area contributed by atoms with Crippen molar-refractivity contribution in [3.8, 4) is 0 Å². The quantitative estimate of drug-likeness (QED) is 0.320. The van der Waals surface area contributed by atoms with E-state index in [9.17, 15) is 4.79 Å². The van der Waals surface area contributed by atoms with E-state index in [1.807, 2.05) is 0 Å². The van der Waals surface area contributed by atoms with Gasteiger partial charge in [0.05, 0.1) is 0 Å². The van der Waals surface area contributed by atoms with Gasteiger partial charge in [-0.15, -0.1) is 0 Å². The van der Waals surface area contributed by atoms with Crippen LogP contribution >= 0.6 is 0 Å². The van der Waals surface area contributed by atoms with Crippen molar-refractivity contribution < 1.29 is 15.0 Å². The summed E-state index contributed by atoms with van der Waals surface area (Å²) in [6.07, 6.45) is -2.01. The highest BCUT2D eigenvalue weighted by Gasteiger charge is 2.00. The molecule has 1 amide bonds. The third kappa shape index (κ3) is 1.68. The lowest BCUT2D eigenvalue weighted by atomic mass is 10.6. The van der Waals surface area contributed by atoms with Gasteiger partial charge < -0.3 is 15.9 Å². The van der Waals surface area contributed by atoms with Gasteiger partial charge in [-0.05, 0) is 0 Å². The van der Waals surface area contributed by atoms with E-state index in [1.165, 1.54) is 0 Å². The van der Waals surface area contributed by atoms with Crippen molar-refractivity contribution in [3.63, 3.8) is 0 Å². The molecule has 0 saturated carbocycles. The van der Waals surface area contributed by atoms with Crippen LogP contribution in [-0.4, -0.2) is 22.4 Å². The number of aliphatic hydroxyl groups excluding tert-OH is 1. The molecule has 0 bridgehead atoms. The molecule has 0 heterocycles. The zero-order valence-electron chi connectivity index (χ0n) is 2.96. The Bertz CT molecular complexity index is 59.8. The maximum absolute atomic E-state index is 9.42. The molecule has 4 N–H and O–H groups in total. The van der Waals surface area contributed by atoms with E-state index in [4.69, 9.17) is 10.2 Å². The lowest BCUT2D eigenvalue weighted by Gasteiger charge is -1.90. The number of hydrogen-bond donors (Lipinski definition) is 3. The van der Waals surface area contributed by atoms with Crippen molar-refractivity contribution in [3.05, 3.63) is 0 Å². The summed E-state index contributed by atoms with van der Waals surface area (Å²) in [5.74, 6) is -1.13. The third-order valence-corrected chi connectivity index (χ3v) is 0.254. The fourth-order valence-electron chi connectivity index (χ4n) is 0. The minimum Gasteiger partial charge on any atom is -0.365 e. The summed E-state index contributed by atoms with van der Waals surface area (Å²) < 4.78 is 0. The Morgan fingerprint density at radius 2 is 1.83 bits per heavy atom. The van der Waals surface area contributed by atoms with Crippen molar-refractivity contribution in [2.45, 2.75) is 6.29 Å². The Kier molecular flexibility index (Phi) is 1.56. The molecule has 0 fully saturated rings. The van der Waals surface area contributed by atoms with Crippen molar-refractivity contribution in [2.24, 2.45) is 5.73 Å². The smallest absolute Gasteiger partial charge is 0.274 e. The van der Waals surface area contributed by atoms with Crippen LogP contribution in [0.5, 0.6) is 0 Å². The van der Waals surface area contributed by atoms with Crippen LogP contribution in [0, 0.1) is 0 Å². The molecule has 4 heteroatoms. The Morgan fingerprint density at radius 3 is 1.83 bits per heavy atom. The summed E-state index contributed by atoms with van der Waals surface area (Å²) in [5.41, 5.74) is 4.30. The van der Waals surface area contributed by atoms with Crippen LogP contribution in [0.15, 0.2) is 0 Å². The molecule has 0 spiro atoms. The molecular formula is C2H5NO3. The Balaban J connectivity index is 3.26. The number of primary amides is 1. The van der Waals surface area contributed by atoms with Crippen molar-refractivity contribution >= 4 is 5.91 Å². The topological polar surface area (TPSA) is 83.6 Å². The van der Waals surface area contributed by atoms with E-state index < -0.39 is 12.2 Å². The summed E-state index contributed by atoms with van der Waals surface area (Å²) >= 11 is 0. The number of carbonyl (C=O) groups is 1. The zero-order valence-corrected chi connectivity index (χ0v) is 2.96. The minimum absolute atomic E-state index is 1.13. The van der Waals surface area contributed by atoms with Crippen LogP contribution in [0.2, 0.25) is 0 Å². The van der Waals surface area contributed by atoms with Gasteiger partial charge in [0, 0.05) is 0 Å². The van der Waals surface area contributed by atoms with Gasteiger partial charge in [-0.3, -0.25) is 4.79 Å². The Labute approximate surface area is 34.2 Å². The predicted octanol–water partition coefficient (Wildman–Crippen LogP) is -2.22. The monoisotopic (exact) mass is 91.0 g/mol. The highest BCUT2D eigenvalue weighted by Crippen LogP contribution is 1.63. The van der Waals surface area contributed by atoms with Crippen molar-refractivity contribution in [1.29, 1.82) is 0 Å². The van der Waals surface area contributed by atoms with Crippen LogP contribution in [0.4, 0.5) is 0 Å². The van der Waals surface area contributed by atoms with Gasteiger partial charge in [-0.1, -0.05) is 0 Å². The summed E-state index contributed by atoms with van der Waals surface area (Å²) in [7, 11) is 0. The second kappa shape index (κ2) is 1.74. The van der Waals surface area contributed by atoms with Crippen molar-refractivity contribution in [1.82, 2.24) is 0 Å². The summed E-state index contributed by atoms with van der Waals surface area (Å²) in [6, 6.07) is 0. The number of hydrogen-bond acceptors (Lipinski definition) is 3. The normalized spacial score (nSPS) is 9.17. The summed E-state index contributed by atoms with van der Waals surface area (Å²) in [4.78, 5) is 9.42. The first-order valence-corrected chi connectivity index (χ1v) is 1.30. The van der Waals surface area contributed by atoms with Gasteiger partial charge in [-0.2, -0.15) is 0 Å². The van der Waals surface area contributed by atoms with Gasteiger partial charge in [-0.25, -0.2) is 0 Å². The molecule has 4 nitrogen and oxygen atoms in total. The molecule has 0 aliphatic rings. The first-order valence-electron chi connectivity index (χ1n) is 1.30. The Hall–Kier alpha value is -0.610. The first-order chi connectivity index (χ1) is 2.64. The fraction of sp³-hybridized carbons (Fsp3) is 0.500. The molecule has 0 radical (unpaired) electrons. The molecule has 0 aromatic rings. The second-order valence-electron chi connectivity index (χ2n) is 0.776. The largest absolute Gasteiger partial charge is 0.365 e. The summed E-state index contributed by atoms with van der Waals surface area (Å²) in [6.45, 7) is 0. The van der Waals surface area contributed by atoms with E-state index >= 15 is 0 Å². The van der Waals surface area contributed by atoms with E-state index in [2.05, 4.69) is 5.73 Å². The minimum atomic E-state index is -2.01. The molecule has 0 aliphatic heterocycles. The fourth-order valence-corrected chi connectivity index (χ4v) is 0. The SMILES string of the molecule is NC(=O)C(O)O. The Morgan fingerprint density at radius 1 is 1.67 bits per heavy atom. The molecule has 0 aromatic carbocycles. The van der Waals surface area contributed by atoms with Crippen LogP contribution in [0.25, 0.3) is 0 Å². The molecule has 0 aromatic heterocycles. The lowest BCUT2D eigenvalue weighted by molar-refractivity contribution is -0.143. The molecule has 36 valence electrons. The van der Waals surface area contributed by atoms with Crippen LogP contribution in [0.3, 0.4) is 0 Å². The zero-order chi connectivity index (χ0) is 5.15. The summed E-state index contributed by atoms with van der Waals surface area (Å²) in [5, 5.41) is 15.4. The number of amides is 1. The van der Waals surface area contributed by atoms with Gasteiger partial charge in [0.2, 0.25) is 6.29 Å². The number of carbonyl (C=O) groups excluding carboxylic acids is 1. The molecule has 0 unspecified atom stereocenters. The van der Waals surface area contributed by atoms with Crippen LogP contribution in [0.1, 0.15) is 0 Å². The second-order valence-corrected chi connectivity index (χ2v) is 0.776. The van der Waals surface area contributed by atoms with Crippen LogP contribution in [-0.2, 0) is 4.79 Å². The molecule has 0 atom stereocenters. The molecular weight excluding hydrogens is 86.0 g/mol.